The summed E-state index contributed by atoms with van der Waals surface area (Å²) in [5.74, 6) is 0. The number of hydrogen-bond donors (Lipinski definition) is 0. The molecule has 0 aliphatic rings. The van der Waals surface area contributed by atoms with Crippen LogP contribution in [0, 0.1) is 0 Å². The van der Waals surface area contributed by atoms with Crippen molar-refractivity contribution in [1.29, 1.82) is 0 Å². The van der Waals surface area contributed by atoms with Crippen LogP contribution in [0.1, 0.15) is 26.3 Å². The zero-order valence-corrected chi connectivity index (χ0v) is 12.4. The molecule has 0 atom stereocenters. The number of benzene rings is 1. The first-order valence-electron chi connectivity index (χ1n) is 5.27. The summed E-state index contributed by atoms with van der Waals surface area (Å²) in [5, 5.41) is 0.656. The van der Waals surface area contributed by atoms with Gasteiger partial charge < -0.3 is 0 Å². The van der Waals surface area contributed by atoms with Crippen LogP contribution in [0.2, 0.25) is 5.02 Å². The van der Waals surface area contributed by atoms with E-state index in [-0.39, 0.29) is 5.41 Å². The number of hydrogen-bond acceptors (Lipinski definition) is 2. The number of rotatable bonds is 2. The maximum Gasteiger partial charge on any atom is 0.231 e. The Labute approximate surface area is 108 Å². The van der Waals surface area contributed by atoms with Gasteiger partial charge in [-0.1, -0.05) is 32.4 Å². The van der Waals surface area contributed by atoms with Gasteiger partial charge in [0.2, 0.25) is 10.0 Å². The largest absolute Gasteiger partial charge is 0.274 e. The first-order chi connectivity index (χ1) is 7.53. The monoisotopic (exact) mass is 275 g/mol. The molecule has 0 aliphatic carbocycles. The smallest absolute Gasteiger partial charge is 0.231 e. The topological polar surface area (TPSA) is 37.4 Å². The van der Waals surface area contributed by atoms with Gasteiger partial charge in [-0.25, -0.2) is 8.42 Å². The maximum absolute atomic E-state index is 11.5. The standard InChI is InChI=1S/C12H18ClNO2S/c1-12(2,3)10-8-9(6-7-11(10)13)14(4)17(5,15)16/h6-8H,1-5H3. The van der Waals surface area contributed by atoms with Gasteiger partial charge >= 0.3 is 0 Å². The summed E-state index contributed by atoms with van der Waals surface area (Å²) in [4.78, 5) is 0. The molecule has 0 heterocycles. The lowest BCUT2D eigenvalue weighted by Crippen LogP contribution is -2.25. The van der Waals surface area contributed by atoms with Crippen molar-refractivity contribution in [2.45, 2.75) is 26.2 Å². The molecular formula is C12H18ClNO2S. The van der Waals surface area contributed by atoms with Crippen molar-refractivity contribution < 1.29 is 8.42 Å². The van der Waals surface area contributed by atoms with E-state index in [1.807, 2.05) is 26.8 Å². The summed E-state index contributed by atoms with van der Waals surface area (Å²) in [6, 6.07) is 5.27. The summed E-state index contributed by atoms with van der Waals surface area (Å²) in [7, 11) is -1.71. The lowest BCUT2D eigenvalue weighted by Gasteiger charge is -2.24. The minimum atomic E-state index is -3.24. The Bertz CT molecular complexity index is 518. The zero-order valence-electron chi connectivity index (χ0n) is 10.8. The SMILES string of the molecule is CN(c1ccc(Cl)c(C(C)(C)C)c1)S(C)(=O)=O. The third kappa shape index (κ3) is 3.36. The van der Waals surface area contributed by atoms with Crippen LogP contribution in [-0.4, -0.2) is 21.7 Å². The molecule has 0 saturated heterocycles. The predicted octanol–water partition coefficient (Wildman–Crippen LogP) is 3.03. The van der Waals surface area contributed by atoms with Crippen LogP contribution in [0.4, 0.5) is 5.69 Å². The first kappa shape index (κ1) is 14.3. The van der Waals surface area contributed by atoms with E-state index in [1.54, 1.807) is 12.1 Å². The molecule has 0 spiro atoms. The Morgan fingerprint density at radius 2 is 1.76 bits per heavy atom. The summed E-state index contributed by atoms with van der Waals surface area (Å²) in [6.07, 6.45) is 1.18. The second-order valence-electron chi connectivity index (χ2n) is 5.14. The summed E-state index contributed by atoms with van der Waals surface area (Å²) < 4.78 is 24.2. The van der Waals surface area contributed by atoms with E-state index in [0.717, 1.165) is 5.56 Å². The quantitative estimate of drug-likeness (QED) is 0.832. The van der Waals surface area contributed by atoms with E-state index in [2.05, 4.69) is 0 Å². The highest BCUT2D eigenvalue weighted by atomic mass is 35.5. The average Bonchev–Trinajstić information content (AvgIpc) is 2.14. The fourth-order valence-electron chi connectivity index (χ4n) is 1.48. The lowest BCUT2D eigenvalue weighted by atomic mass is 9.87. The van der Waals surface area contributed by atoms with E-state index in [1.165, 1.54) is 17.6 Å². The van der Waals surface area contributed by atoms with Crippen molar-refractivity contribution in [3.8, 4) is 0 Å². The predicted molar refractivity (Wildman–Crippen MR) is 73.4 cm³/mol. The molecule has 0 radical (unpaired) electrons. The third-order valence-electron chi connectivity index (χ3n) is 2.62. The summed E-state index contributed by atoms with van der Waals surface area (Å²) >= 11 is 6.13. The van der Waals surface area contributed by atoms with Crippen LogP contribution in [0.15, 0.2) is 18.2 Å². The molecule has 0 fully saturated rings. The molecule has 0 N–H and O–H groups in total. The van der Waals surface area contributed by atoms with Gasteiger partial charge in [-0.2, -0.15) is 0 Å². The van der Waals surface area contributed by atoms with Gasteiger partial charge in [-0.3, -0.25) is 4.31 Å². The molecule has 0 bridgehead atoms. The summed E-state index contributed by atoms with van der Waals surface area (Å²) in [5.41, 5.74) is 1.44. The second kappa shape index (κ2) is 4.50. The summed E-state index contributed by atoms with van der Waals surface area (Å²) in [6.45, 7) is 6.12. The van der Waals surface area contributed by atoms with Gasteiger partial charge in [0.25, 0.3) is 0 Å². The van der Waals surface area contributed by atoms with Gasteiger partial charge in [-0.15, -0.1) is 0 Å². The average molecular weight is 276 g/mol. The van der Waals surface area contributed by atoms with Crippen molar-refractivity contribution in [2.24, 2.45) is 0 Å². The van der Waals surface area contributed by atoms with Crippen LogP contribution in [-0.2, 0) is 15.4 Å². The Morgan fingerprint density at radius 3 is 2.18 bits per heavy atom. The Morgan fingerprint density at radius 1 is 1.24 bits per heavy atom. The maximum atomic E-state index is 11.5. The molecule has 0 aromatic heterocycles. The van der Waals surface area contributed by atoms with Crippen LogP contribution < -0.4 is 4.31 Å². The van der Waals surface area contributed by atoms with Gasteiger partial charge in [0.05, 0.1) is 11.9 Å². The molecular weight excluding hydrogens is 258 g/mol. The molecule has 0 saturated carbocycles. The van der Waals surface area contributed by atoms with Gasteiger partial charge in [0.15, 0.2) is 0 Å². The molecule has 3 nitrogen and oxygen atoms in total. The van der Waals surface area contributed by atoms with Crippen molar-refractivity contribution in [1.82, 2.24) is 0 Å². The fraction of sp³-hybridized carbons (Fsp3) is 0.500. The molecule has 0 unspecified atom stereocenters. The minimum absolute atomic E-state index is 0.120. The van der Waals surface area contributed by atoms with E-state index >= 15 is 0 Å². The van der Waals surface area contributed by atoms with Crippen molar-refractivity contribution >= 4 is 27.3 Å². The fourth-order valence-corrected chi connectivity index (χ4v) is 2.37. The van der Waals surface area contributed by atoms with Gasteiger partial charge in [0.1, 0.15) is 0 Å². The molecule has 5 heteroatoms. The normalized spacial score (nSPS) is 12.6. The molecule has 17 heavy (non-hydrogen) atoms. The molecule has 1 aromatic carbocycles. The highest BCUT2D eigenvalue weighted by Gasteiger charge is 2.20. The minimum Gasteiger partial charge on any atom is -0.274 e. The van der Waals surface area contributed by atoms with Gasteiger partial charge in [0, 0.05) is 12.1 Å². The Hall–Kier alpha value is -0.740. The first-order valence-corrected chi connectivity index (χ1v) is 7.50. The molecule has 1 rings (SSSR count). The Kier molecular flexibility index (Phi) is 3.79. The molecule has 0 aliphatic heterocycles. The van der Waals surface area contributed by atoms with Crippen molar-refractivity contribution in [3.63, 3.8) is 0 Å². The molecule has 96 valence electrons. The highest BCUT2D eigenvalue weighted by molar-refractivity contribution is 7.92. The number of anilines is 1. The van der Waals surface area contributed by atoms with Crippen LogP contribution in [0.25, 0.3) is 0 Å². The Balaban J connectivity index is 3.32. The molecule has 0 amide bonds. The van der Waals surface area contributed by atoms with Crippen LogP contribution >= 0.6 is 11.6 Å². The van der Waals surface area contributed by atoms with Crippen LogP contribution in [0.5, 0.6) is 0 Å². The van der Waals surface area contributed by atoms with E-state index < -0.39 is 10.0 Å². The van der Waals surface area contributed by atoms with E-state index in [4.69, 9.17) is 11.6 Å². The third-order valence-corrected chi connectivity index (χ3v) is 4.15. The second-order valence-corrected chi connectivity index (χ2v) is 7.57. The van der Waals surface area contributed by atoms with Gasteiger partial charge in [-0.05, 0) is 29.2 Å². The lowest BCUT2D eigenvalue weighted by molar-refractivity contribution is 0.589. The van der Waals surface area contributed by atoms with Crippen molar-refractivity contribution in [2.75, 3.05) is 17.6 Å². The zero-order chi connectivity index (χ0) is 13.4. The van der Waals surface area contributed by atoms with E-state index in [9.17, 15) is 8.42 Å². The van der Waals surface area contributed by atoms with Crippen molar-refractivity contribution in [3.05, 3.63) is 28.8 Å². The number of nitrogens with zero attached hydrogens (tertiary/aromatic N) is 1. The highest BCUT2D eigenvalue weighted by Crippen LogP contribution is 2.32. The molecule has 1 aromatic rings. The number of sulfonamides is 1. The number of halogens is 1. The van der Waals surface area contributed by atoms with Crippen LogP contribution in [0.3, 0.4) is 0 Å². The van der Waals surface area contributed by atoms with E-state index in [0.29, 0.717) is 10.7 Å².